The number of methoxy groups -OCH3 is 1. The van der Waals surface area contributed by atoms with Crippen LogP contribution in [0.5, 0.6) is 0 Å². The number of Topliss-reactive ketones (excluding diaryl/α,β-unsaturated/α-hetero) is 1. The number of ether oxygens (including phenoxy) is 1. The Kier molecular flexibility index (Phi) is 4.32. The molecule has 0 radical (unpaired) electrons. The average molecular weight is 413 g/mol. The fourth-order valence-corrected chi connectivity index (χ4v) is 9.33. The van der Waals surface area contributed by atoms with Crippen LogP contribution in [0.25, 0.3) is 0 Å². The molecule has 1 aromatic heterocycles. The summed E-state index contributed by atoms with van der Waals surface area (Å²) in [5.74, 6) is 4.69. The highest BCUT2D eigenvalue weighted by Gasteiger charge is 2.72. The van der Waals surface area contributed by atoms with Gasteiger partial charge in [-0.2, -0.15) is 0 Å². The summed E-state index contributed by atoms with van der Waals surface area (Å²) in [7, 11) is 1.77. The van der Waals surface area contributed by atoms with Gasteiger partial charge in [-0.05, 0) is 86.4 Å². The van der Waals surface area contributed by atoms with Gasteiger partial charge >= 0.3 is 0 Å². The Hall–Kier alpha value is -1.20. The topological polar surface area (TPSA) is 64.4 Å². The van der Waals surface area contributed by atoms with Crippen molar-refractivity contribution in [3.63, 3.8) is 0 Å². The van der Waals surface area contributed by atoms with E-state index in [1.165, 1.54) is 38.5 Å². The summed E-state index contributed by atoms with van der Waals surface area (Å²) in [6.07, 6.45) is 14.9. The Balaban J connectivity index is 1.20. The summed E-state index contributed by atoms with van der Waals surface area (Å²) in [6, 6.07) is 0. The first-order chi connectivity index (χ1) is 14.5. The number of fused-ring (bicyclic) bond motifs is 7. The maximum absolute atomic E-state index is 13.2. The molecule has 164 valence electrons. The predicted octanol–water partition coefficient (Wildman–Crippen LogP) is 3.71. The van der Waals surface area contributed by atoms with Gasteiger partial charge in [-0.25, -0.2) is 4.98 Å². The van der Waals surface area contributed by atoms with Crippen LogP contribution < -0.4 is 0 Å². The molecule has 5 saturated carbocycles. The minimum atomic E-state index is -0.524. The molecule has 5 aliphatic carbocycles. The first kappa shape index (κ1) is 19.5. The third kappa shape index (κ3) is 2.54. The summed E-state index contributed by atoms with van der Waals surface area (Å²) in [5, 5.41) is 11.0. The minimum Gasteiger partial charge on any atom is -0.387 e. The lowest BCUT2D eigenvalue weighted by Gasteiger charge is -2.55. The maximum Gasteiger partial charge on any atom is 0.156 e. The number of ketones is 1. The highest BCUT2D eigenvalue weighted by Crippen LogP contribution is 2.69. The van der Waals surface area contributed by atoms with E-state index < -0.39 is 5.60 Å². The van der Waals surface area contributed by atoms with Gasteiger partial charge in [0.25, 0.3) is 0 Å². The fraction of sp³-hybridized carbons (Fsp3) is 0.840. The predicted molar refractivity (Wildman–Crippen MR) is 112 cm³/mol. The zero-order valence-electron chi connectivity index (χ0n) is 18.4. The van der Waals surface area contributed by atoms with Gasteiger partial charge in [0.2, 0.25) is 0 Å². The van der Waals surface area contributed by atoms with Gasteiger partial charge in [0.05, 0.1) is 24.6 Å². The molecule has 5 heteroatoms. The van der Waals surface area contributed by atoms with Crippen molar-refractivity contribution in [2.75, 3.05) is 7.11 Å². The summed E-state index contributed by atoms with van der Waals surface area (Å²) < 4.78 is 7.60. The molecule has 1 aromatic rings. The second-order valence-corrected chi connectivity index (χ2v) is 11.4. The number of carbonyl (C=O) groups is 1. The molecule has 0 amide bonds. The summed E-state index contributed by atoms with van der Waals surface area (Å²) in [6.45, 7) is 2.91. The van der Waals surface area contributed by atoms with Crippen LogP contribution in [0.1, 0.15) is 58.3 Å². The maximum atomic E-state index is 13.2. The van der Waals surface area contributed by atoms with Gasteiger partial charge in [0.1, 0.15) is 0 Å². The zero-order chi connectivity index (χ0) is 20.7. The molecule has 2 unspecified atom stereocenters. The van der Waals surface area contributed by atoms with E-state index in [-0.39, 0.29) is 17.4 Å². The van der Waals surface area contributed by atoms with Crippen LogP contribution in [0, 0.1) is 46.8 Å². The molecule has 1 heterocycles. The largest absolute Gasteiger partial charge is 0.387 e. The molecular formula is C25H36N2O3. The van der Waals surface area contributed by atoms with Gasteiger partial charge in [0.15, 0.2) is 5.78 Å². The lowest BCUT2D eigenvalue weighted by Crippen LogP contribution is -2.50. The number of hydrogen-bond acceptors (Lipinski definition) is 4. The van der Waals surface area contributed by atoms with Crippen LogP contribution in [-0.2, 0) is 16.1 Å². The van der Waals surface area contributed by atoms with Crippen LogP contribution in [0.2, 0.25) is 0 Å². The number of imidazole rings is 1. The normalized spacial score (nSPS) is 51.4. The SMILES string of the molecule is COC1C2[C@@H]3CC[C@@H]4[C@H](CC[C@]5(C)[C@@H](C(=O)Cn6ccnc6)CC[C@@H]45)[C@H]3CC[C@]12O. The van der Waals surface area contributed by atoms with E-state index in [1.807, 2.05) is 10.8 Å². The van der Waals surface area contributed by atoms with Crippen LogP contribution in [-0.4, -0.2) is 39.3 Å². The van der Waals surface area contributed by atoms with Crippen LogP contribution in [0.15, 0.2) is 18.7 Å². The van der Waals surface area contributed by atoms with Crippen molar-refractivity contribution < 1.29 is 14.6 Å². The van der Waals surface area contributed by atoms with Crippen molar-refractivity contribution in [3.8, 4) is 0 Å². The van der Waals surface area contributed by atoms with Gasteiger partial charge in [0, 0.05) is 31.3 Å². The minimum absolute atomic E-state index is 0.0783. The summed E-state index contributed by atoms with van der Waals surface area (Å²) in [5.41, 5.74) is -0.347. The van der Waals surface area contributed by atoms with E-state index in [2.05, 4.69) is 11.9 Å². The third-order valence-electron chi connectivity index (χ3n) is 10.6. The Morgan fingerprint density at radius 1 is 1.10 bits per heavy atom. The third-order valence-corrected chi connectivity index (χ3v) is 10.6. The second kappa shape index (κ2) is 6.65. The Morgan fingerprint density at radius 2 is 1.87 bits per heavy atom. The van der Waals surface area contributed by atoms with Crippen molar-refractivity contribution in [1.29, 1.82) is 0 Å². The molecule has 5 aliphatic rings. The van der Waals surface area contributed by atoms with Crippen LogP contribution in [0.3, 0.4) is 0 Å². The molecule has 30 heavy (non-hydrogen) atoms. The molecule has 0 spiro atoms. The van der Waals surface area contributed by atoms with Crippen molar-refractivity contribution in [1.82, 2.24) is 9.55 Å². The zero-order valence-corrected chi connectivity index (χ0v) is 18.4. The van der Waals surface area contributed by atoms with Gasteiger partial charge < -0.3 is 14.4 Å². The molecule has 1 N–H and O–H groups in total. The highest BCUT2D eigenvalue weighted by atomic mass is 16.5. The van der Waals surface area contributed by atoms with E-state index in [4.69, 9.17) is 4.74 Å². The van der Waals surface area contributed by atoms with E-state index in [0.29, 0.717) is 30.1 Å². The molecule has 0 bridgehead atoms. The van der Waals surface area contributed by atoms with Crippen LogP contribution in [0.4, 0.5) is 0 Å². The Bertz CT molecular complexity index is 824. The van der Waals surface area contributed by atoms with Crippen molar-refractivity contribution >= 4 is 5.78 Å². The van der Waals surface area contributed by atoms with Gasteiger partial charge in [-0.3, -0.25) is 4.79 Å². The monoisotopic (exact) mass is 412 g/mol. The molecule has 0 aliphatic heterocycles. The van der Waals surface area contributed by atoms with E-state index in [9.17, 15) is 9.90 Å². The number of aliphatic hydroxyl groups is 1. The standard InChI is InChI=1S/C25H36N2O3/c1-24-9-7-15-16-8-10-25(29)22(23(25)30-2)18(16)4-3-17(15)19(24)5-6-20(24)21(28)13-27-12-11-26-14-27/h11-12,14-20,22-23,29H,3-10,13H2,1-2H3/t15-,16-,17-,18-,19+,20-,22?,23?,24+,25-/m1/s1. The second-order valence-electron chi connectivity index (χ2n) is 11.4. The number of nitrogens with zero attached hydrogens (tertiary/aromatic N) is 2. The quantitative estimate of drug-likeness (QED) is 0.819. The fourth-order valence-electron chi connectivity index (χ4n) is 9.33. The summed E-state index contributed by atoms with van der Waals surface area (Å²) >= 11 is 0. The average Bonchev–Trinajstić information content (AvgIpc) is 3.04. The summed E-state index contributed by atoms with van der Waals surface area (Å²) in [4.78, 5) is 17.3. The Labute approximate surface area is 179 Å². The molecule has 0 saturated heterocycles. The molecule has 10 atom stereocenters. The first-order valence-corrected chi connectivity index (χ1v) is 12.2. The molecule has 6 rings (SSSR count). The molecule has 0 aromatic carbocycles. The molecule has 5 nitrogen and oxygen atoms in total. The van der Waals surface area contributed by atoms with Gasteiger partial charge in [-0.15, -0.1) is 0 Å². The van der Waals surface area contributed by atoms with Crippen molar-refractivity contribution in [2.45, 2.75) is 76.5 Å². The smallest absolute Gasteiger partial charge is 0.156 e. The Morgan fingerprint density at radius 3 is 2.63 bits per heavy atom. The van der Waals surface area contributed by atoms with E-state index >= 15 is 0 Å². The number of carbonyl (C=O) groups excluding carboxylic acids is 1. The van der Waals surface area contributed by atoms with Crippen LogP contribution >= 0.6 is 0 Å². The van der Waals surface area contributed by atoms with Crippen molar-refractivity contribution in [3.05, 3.63) is 18.7 Å². The van der Waals surface area contributed by atoms with E-state index in [1.54, 1.807) is 19.6 Å². The highest BCUT2D eigenvalue weighted by molar-refractivity contribution is 5.82. The van der Waals surface area contributed by atoms with E-state index in [0.717, 1.165) is 30.6 Å². The number of hydrogen-bond donors (Lipinski definition) is 1. The van der Waals surface area contributed by atoms with Gasteiger partial charge in [-0.1, -0.05) is 6.92 Å². The lowest BCUT2D eigenvalue weighted by atomic mass is 9.49. The molecule has 5 fully saturated rings. The number of aromatic nitrogens is 2. The molecular weight excluding hydrogens is 376 g/mol. The van der Waals surface area contributed by atoms with Crippen molar-refractivity contribution in [2.24, 2.45) is 46.8 Å². The lowest BCUT2D eigenvalue weighted by molar-refractivity contribution is -0.131. The first-order valence-electron chi connectivity index (χ1n) is 12.2. The number of rotatable bonds is 4.